The zero-order valence-electron chi connectivity index (χ0n) is 12.5. The first-order chi connectivity index (χ1) is 9.68. The summed E-state index contributed by atoms with van der Waals surface area (Å²) < 4.78 is 51.6. The Hall–Kier alpha value is -0.960. The monoisotopic (exact) mass is 334 g/mol. The van der Waals surface area contributed by atoms with Crippen molar-refractivity contribution in [2.45, 2.75) is 32.1 Å². The number of aryl methyl sites for hydroxylation is 2. The Morgan fingerprint density at radius 2 is 1.62 bits per heavy atom. The molecule has 0 saturated carbocycles. The highest BCUT2D eigenvalue weighted by Gasteiger charge is 2.16. The molecule has 0 fully saturated rings. The minimum atomic E-state index is -3.56. The van der Waals surface area contributed by atoms with Crippen molar-refractivity contribution in [1.29, 1.82) is 0 Å². The van der Waals surface area contributed by atoms with Gasteiger partial charge in [-0.2, -0.15) is 0 Å². The molecule has 0 spiro atoms. The van der Waals surface area contributed by atoms with Crippen molar-refractivity contribution in [2.24, 2.45) is 0 Å². The number of hydrogen-bond donors (Lipinski definition) is 2. The molecule has 1 aromatic carbocycles. The van der Waals surface area contributed by atoms with Crippen molar-refractivity contribution >= 4 is 20.0 Å². The fourth-order valence-corrected chi connectivity index (χ4v) is 3.76. The van der Waals surface area contributed by atoms with Gasteiger partial charge in [0.05, 0.1) is 10.6 Å². The predicted octanol–water partition coefficient (Wildman–Crippen LogP) is 0.911. The van der Waals surface area contributed by atoms with Crippen LogP contribution in [0.15, 0.2) is 23.1 Å². The van der Waals surface area contributed by atoms with Crippen LogP contribution in [-0.2, 0) is 20.0 Å². The molecule has 21 heavy (non-hydrogen) atoms. The highest BCUT2D eigenvalue weighted by atomic mass is 32.2. The van der Waals surface area contributed by atoms with Gasteiger partial charge in [0.2, 0.25) is 20.0 Å². The molecule has 1 rings (SSSR count). The van der Waals surface area contributed by atoms with Crippen molar-refractivity contribution in [1.82, 2.24) is 9.44 Å². The van der Waals surface area contributed by atoms with Crippen molar-refractivity contribution in [2.75, 3.05) is 18.8 Å². The average Bonchev–Trinajstić information content (AvgIpc) is 2.41. The maximum Gasteiger partial charge on any atom is 0.240 e. The van der Waals surface area contributed by atoms with Gasteiger partial charge in [-0.05, 0) is 44.4 Å². The molecule has 0 saturated heterocycles. The largest absolute Gasteiger partial charge is 0.240 e. The number of benzene rings is 1. The lowest BCUT2D eigenvalue weighted by molar-refractivity contribution is 0.572. The molecule has 0 radical (unpaired) electrons. The molecule has 0 amide bonds. The lowest BCUT2D eigenvalue weighted by atomic mass is 10.2. The highest BCUT2D eigenvalue weighted by molar-refractivity contribution is 7.89. The van der Waals surface area contributed by atoms with E-state index < -0.39 is 20.0 Å². The van der Waals surface area contributed by atoms with Crippen LogP contribution in [0.3, 0.4) is 0 Å². The Balaban J connectivity index is 2.57. The molecule has 6 nitrogen and oxygen atoms in total. The van der Waals surface area contributed by atoms with Crippen LogP contribution in [0, 0.1) is 13.8 Å². The van der Waals surface area contributed by atoms with Crippen LogP contribution in [0.25, 0.3) is 0 Å². The third kappa shape index (κ3) is 5.74. The summed E-state index contributed by atoms with van der Waals surface area (Å²) in [4.78, 5) is 0.261. The lowest BCUT2D eigenvalue weighted by Gasteiger charge is -2.10. The average molecular weight is 334 g/mol. The number of sulfonamides is 2. The minimum Gasteiger partial charge on any atom is -0.215 e. The van der Waals surface area contributed by atoms with Gasteiger partial charge in [0.15, 0.2) is 0 Å². The molecule has 0 bridgehead atoms. The fourth-order valence-electron chi connectivity index (χ4n) is 1.70. The molecule has 1 aromatic rings. The summed E-state index contributed by atoms with van der Waals surface area (Å²) in [5.41, 5.74) is 1.55. The standard InChI is InChI=1S/C13H22N2O4S2/c1-4-20(16,17)14-8-5-9-15-21(18,19)13-10-11(2)6-7-12(13)3/h6-7,10,14-15H,4-5,8-9H2,1-3H3. The van der Waals surface area contributed by atoms with Crippen LogP contribution >= 0.6 is 0 Å². The van der Waals surface area contributed by atoms with Crippen LogP contribution < -0.4 is 9.44 Å². The summed E-state index contributed by atoms with van der Waals surface area (Å²) in [5.74, 6) is 0.0151. The van der Waals surface area contributed by atoms with Crippen molar-refractivity contribution in [3.05, 3.63) is 29.3 Å². The van der Waals surface area contributed by atoms with Gasteiger partial charge in [-0.15, -0.1) is 0 Å². The fraction of sp³-hybridized carbons (Fsp3) is 0.538. The zero-order chi connectivity index (χ0) is 16.1. The van der Waals surface area contributed by atoms with E-state index in [0.717, 1.165) is 5.56 Å². The predicted molar refractivity (Wildman–Crippen MR) is 83.2 cm³/mol. The van der Waals surface area contributed by atoms with E-state index in [2.05, 4.69) is 9.44 Å². The Labute approximate surface area is 127 Å². The van der Waals surface area contributed by atoms with Gasteiger partial charge in [-0.1, -0.05) is 12.1 Å². The van der Waals surface area contributed by atoms with Crippen LogP contribution in [-0.4, -0.2) is 35.7 Å². The third-order valence-corrected chi connectivity index (χ3v) is 5.99. The van der Waals surface area contributed by atoms with Crippen molar-refractivity contribution in [3.8, 4) is 0 Å². The van der Waals surface area contributed by atoms with E-state index in [1.807, 2.05) is 13.0 Å². The molecule has 0 atom stereocenters. The second-order valence-electron chi connectivity index (χ2n) is 4.82. The molecular weight excluding hydrogens is 312 g/mol. The second kappa shape index (κ2) is 7.35. The first kappa shape index (κ1) is 18.1. The van der Waals surface area contributed by atoms with Gasteiger partial charge in [-0.3, -0.25) is 0 Å². The smallest absolute Gasteiger partial charge is 0.215 e. The molecule has 0 aliphatic heterocycles. The van der Waals surface area contributed by atoms with Gasteiger partial charge < -0.3 is 0 Å². The molecule has 120 valence electrons. The summed E-state index contributed by atoms with van der Waals surface area (Å²) in [5, 5.41) is 0. The Morgan fingerprint density at radius 3 is 2.24 bits per heavy atom. The van der Waals surface area contributed by atoms with E-state index in [1.165, 1.54) is 0 Å². The Morgan fingerprint density at radius 1 is 1.00 bits per heavy atom. The van der Waals surface area contributed by atoms with E-state index in [9.17, 15) is 16.8 Å². The zero-order valence-corrected chi connectivity index (χ0v) is 14.1. The molecule has 0 unspecified atom stereocenters. The number of hydrogen-bond acceptors (Lipinski definition) is 4. The van der Waals surface area contributed by atoms with E-state index in [-0.39, 0.29) is 23.7 Å². The van der Waals surface area contributed by atoms with E-state index >= 15 is 0 Å². The molecule has 0 heterocycles. The van der Waals surface area contributed by atoms with E-state index in [4.69, 9.17) is 0 Å². The topological polar surface area (TPSA) is 92.3 Å². The van der Waals surface area contributed by atoms with Crippen LogP contribution in [0.5, 0.6) is 0 Å². The Bertz CT molecular complexity index is 682. The molecule has 0 aliphatic rings. The summed E-state index contributed by atoms with van der Waals surface area (Å²) in [6, 6.07) is 5.24. The van der Waals surface area contributed by atoms with E-state index in [1.54, 1.807) is 26.0 Å². The van der Waals surface area contributed by atoms with Crippen molar-refractivity contribution in [3.63, 3.8) is 0 Å². The molecule has 0 aliphatic carbocycles. The molecule has 0 aromatic heterocycles. The molecule has 8 heteroatoms. The minimum absolute atomic E-state index is 0.0151. The third-order valence-electron chi connectivity index (χ3n) is 2.98. The lowest BCUT2D eigenvalue weighted by Crippen LogP contribution is -2.31. The van der Waals surface area contributed by atoms with E-state index in [0.29, 0.717) is 12.0 Å². The highest BCUT2D eigenvalue weighted by Crippen LogP contribution is 2.16. The maximum atomic E-state index is 12.2. The normalized spacial score (nSPS) is 12.5. The second-order valence-corrected chi connectivity index (χ2v) is 8.65. The van der Waals surface area contributed by atoms with Crippen molar-refractivity contribution < 1.29 is 16.8 Å². The quantitative estimate of drug-likeness (QED) is 0.691. The van der Waals surface area contributed by atoms with Gasteiger partial charge in [0.1, 0.15) is 0 Å². The first-order valence-corrected chi connectivity index (χ1v) is 9.86. The summed E-state index contributed by atoms with van der Waals surface area (Å²) in [7, 11) is -6.79. The van der Waals surface area contributed by atoms with Gasteiger partial charge in [0, 0.05) is 13.1 Å². The number of rotatable bonds is 8. The Kier molecular flexibility index (Phi) is 6.33. The van der Waals surface area contributed by atoms with Gasteiger partial charge in [0.25, 0.3) is 0 Å². The summed E-state index contributed by atoms with van der Waals surface area (Å²) >= 11 is 0. The molecule has 2 N–H and O–H groups in total. The number of nitrogens with one attached hydrogen (secondary N) is 2. The van der Waals surface area contributed by atoms with Gasteiger partial charge >= 0.3 is 0 Å². The first-order valence-electron chi connectivity index (χ1n) is 6.72. The molecular formula is C13H22N2O4S2. The van der Waals surface area contributed by atoms with Gasteiger partial charge in [-0.25, -0.2) is 26.3 Å². The van der Waals surface area contributed by atoms with Crippen LogP contribution in [0.1, 0.15) is 24.5 Å². The SMILES string of the molecule is CCS(=O)(=O)NCCCNS(=O)(=O)c1cc(C)ccc1C. The summed E-state index contributed by atoms with van der Waals surface area (Å²) in [6.45, 7) is 5.51. The van der Waals surface area contributed by atoms with Crippen LogP contribution in [0.4, 0.5) is 0 Å². The maximum absolute atomic E-state index is 12.2. The van der Waals surface area contributed by atoms with Crippen LogP contribution in [0.2, 0.25) is 0 Å². The summed E-state index contributed by atoms with van der Waals surface area (Å²) in [6.07, 6.45) is 0.392.